The Balaban J connectivity index is 1.51. The van der Waals surface area contributed by atoms with Crippen molar-refractivity contribution in [3.8, 4) is 5.75 Å². The molecular weight excluding hydrogens is 389 g/mol. The number of anilines is 1. The molecule has 9 heteroatoms. The number of nitrogens with one attached hydrogen (secondary N) is 2. The molecule has 1 fully saturated rings. The summed E-state index contributed by atoms with van der Waals surface area (Å²) in [4.78, 5) is 20.4. The molecule has 30 heavy (non-hydrogen) atoms. The highest BCUT2D eigenvalue weighted by Crippen LogP contribution is 2.32. The first kappa shape index (κ1) is 18.8. The van der Waals surface area contributed by atoms with E-state index in [1.165, 1.54) is 12.3 Å². The minimum absolute atomic E-state index is 0.0404. The highest BCUT2D eigenvalue weighted by Gasteiger charge is 2.23. The summed E-state index contributed by atoms with van der Waals surface area (Å²) in [6.07, 6.45) is 5.78. The summed E-state index contributed by atoms with van der Waals surface area (Å²) in [5, 5.41) is 15.9. The fourth-order valence-corrected chi connectivity index (χ4v) is 4.32. The highest BCUT2D eigenvalue weighted by molar-refractivity contribution is 5.86. The lowest BCUT2D eigenvalue weighted by Crippen LogP contribution is -2.27. The number of rotatable bonds is 5. The number of hydrogen-bond acceptors (Lipinski definition) is 6. The SMILES string of the molecule is O=C(O)c1cn2c(NCc3c(F)ccc4c3CCO4)ncc(C3CCNCC3)c2n1. The van der Waals surface area contributed by atoms with E-state index in [4.69, 9.17) is 4.74 Å². The summed E-state index contributed by atoms with van der Waals surface area (Å²) < 4.78 is 21.7. The molecule has 0 atom stereocenters. The third-order valence-electron chi connectivity index (χ3n) is 5.88. The van der Waals surface area contributed by atoms with Crippen LogP contribution in [0.1, 0.15) is 45.9 Å². The molecule has 1 aromatic carbocycles. The Labute approximate surface area is 172 Å². The molecule has 2 aromatic heterocycles. The molecule has 0 radical (unpaired) electrons. The molecule has 156 valence electrons. The smallest absolute Gasteiger partial charge is 0.356 e. The van der Waals surface area contributed by atoms with Crippen LogP contribution in [0.4, 0.5) is 10.3 Å². The van der Waals surface area contributed by atoms with Crippen molar-refractivity contribution in [2.24, 2.45) is 0 Å². The molecule has 3 aromatic rings. The maximum absolute atomic E-state index is 14.5. The molecule has 5 rings (SSSR count). The van der Waals surface area contributed by atoms with Gasteiger partial charge in [0.15, 0.2) is 5.69 Å². The number of halogens is 1. The van der Waals surface area contributed by atoms with Crippen LogP contribution in [0.15, 0.2) is 24.5 Å². The van der Waals surface area contributed by atoms with Gasteiger partial charge in [-0.05, 0) is 44.0 Å². The Morgan fingerprint density at radius 2 is 2.20 bits per heavy atom. The third-order valence-corrected chi connectivity index (χ3v) is 5.88. The number of fused-ring (bicyclic) bond motifs is 2. The third kappa shape index (κ3) is 3.24. The van der Waals surface area contributed by atoms with E-state index in [0.29, 0.717) is 35.9 Å². The molecule has 0 saturated carbocycles. The first-order chi connectivity index (χ1) is 14.6. The fraction of sp³-hybridized carbons (Fsp3) is 0.381. The van der Waals surface area contributed by atoms with E-state index in [0.717, 1.165) is 37.1 Å². The molecule has 2 aliphatic rings. The quantitative estimate of drug-likeness (QED) is 0.593. The summed E-state index contributed by atoms with van der Waals surface area (Å²) in [5.74, 6) is 0.0180. The van der Waals surface area contributed by atoms with Crippen molar-refractivity contribution in [3.05, 3.63) is 52.7 Å². The van der Waals surface area contributed by atoms with Crippen molar-refractivity contribution >= 4 is 17.6 Å². The number of carbonyl (C=O) groups is 1. The predicted molar refractivity (Wildman–Crippen MR) is 108 cm³/mol. The maximum Gasteiger partial charge on any atom is 0.356 e. The van der Waals surface area contributed by atoms with Crippen molar-refractivity contribution < 1.29 is 19.0 Å². The molecule has 4 heterocycles. The molecule has 0 bridgehead atoms. The number of hydrogen-bond donors (Lipinski definition) is 3. The first-order valence-corrected chi connectivity index (χ1v) is 10.1. The number of aromatic nitrogens is 3. The minimum atomic E-state index is -1.09. The van der Waals surface area contributed by atoms with Crippen LogP contribution < -0.4 is 15.4 Å². The second kappa shape index (κ2) is 7.56. The van der Waals surface area contributed by atoms with Gasteiger partial charge >= 0.3 is 5.97 Å². The van der Waals surface area contributed by atoms with Gasteiger partial charge in [0.05, 0.1) is 6.61 Å². The lowest BCUT2D eigenvalue weighted by atomic mass is 9.92. The van der Waals surface area contributed by atoms with Crippen LogP contribution in [0.3, 0.4) is 0 Å². The Morgan fingerprint density at radius 3 is 3.00 bits per heavy atom. The van der Waals surface area contributed by atoms with Crippen LogP contribution >= 0.6 is 0 Å². The van der Waals surface area contributed by atoms with E-state index in [2.05, 4.69) is 20.6 Å². The van der Waals surface area contributed by atoms with Gasteiger partial charge in [0.2, 0.25) is 5.95 Å². The van der Waals surface area contributed by atoms with Gasteiger partial charge < -0.3 is 20.5 Å². The highest BCUT2D eigenvalue weighted by atomic mass is 19.1. The molecule has 0 aliphatic carbocycles. The minimum Gasteiger partial charge on any atom is -0.493 e. The van der Waals surface area contributed by atoms with Crippen molar-refractivity contribution in [2.45, 2.75) is 31.7 Å². The van der Waals surface area contributed by atoms with Gasteiger partial charge in [0.25, 0.3) is 0 Å². The van der Waals surface area contributed by atoms with E-state index < -0.39 is 5.97 Å². The number of imidazole rings is 1. The van der Waals surface area contributed by atoms with Gasteiger partial charge in [0.1, 0.15) is 17.2 Å². The number of nitrogens with zero attached hydrogens (tertiary/aromatic N) is 3. The fourth-order valence-electron chi connectivity index (χ4n) is 4.32. The van der Waals surface area contributed by atoms with E-state index >= 15 is 0 Å². The van der Waals surface area contributed by atoms with Gasteiger partial charge in [-0.3, -0.25) is 4.40 Å². The Morgan fingerprint density at radius 1 is 1.37 bits per heavy atom. The molecule has 0 spiro atoms. The Hall–Kier alpha value is -3.20. The second-order valence-corrected chi connectivity index (χ2v) is 7.64. The topological polar surface area (TPSA) is 101 Å². The summed E-state index contributed by atoms with van der Waals surface area (Å²) in [6, 6.07) is 3.06. The molecule has 2 aliphatic heterocycles. The van der Waals surface area contributed by atoms with Gasteiger partial charge in [0, 0.05) is 42.0 Å². The number of piperidine rings is 1. The number of carboxylic acids is 1. The molecule has 8 nitrogen and oxygen atoms in total. The zero-order chi connectivity index (χ0) is 20.7. The van der Waals surface area contributed by atoms with E-state index in [1.807, 2.05) is 0 Å². The van der Waals surface area contributed by atoms with Gasteiger partial charge in [-0.1, -0.05) is 0 Å². The lowest BCUT2D eigenvalue weighted by Gasteiger charge is -2.23. The van der Waals surface area contributed by atoms with Crippen LogP contribution in [0.2, 0.25) is 0 Å². The lowest BCUT2D eigenvalue weighted by molar-refractivity contribution is 0.0691. The average molecular weight is 411 g/mol. The standard InChI is InChI=1S/C21H22FN5O3/c22-16-1-2-18-13(5-8-30-18)15(16)10-25-21-24-9-14(12-3-6-23-7-4-12)19-26-17(20(28)29)11-27(19)21/h1-2,9,11-12,23H,3-8,10H2,(H,24,25)(H,28,29). The summed E-state index contributed by atoms with van der Waals surface area (Å²) in [6.45, 7) is 2.57. The largest absolute Gasteiger partial charge is 0.493 e. The monoisotopic (exact) mass is 411 g/mol. The number of benzene rings is 1. The predicted octanol–water partition coefficient (Wildman–Crippen LogP) is 2.58. The van der Waals surface area contributed by atoms with Crippen LogP contribution in [0.5, 0.6) is 5.75 Å². The maximum atomic E-state index is 14.5. The summed E-state index contributed by atoms with van der Waals surface area (Å²) in [5.41, 5.74) is 2.89. The molecule has 0 amide bonds. The van der Waals surface area contributed by atoms with E-state index in [1.54, 1.807) is 16.7 Å². The van der Waals surface area contributed by atoms with Crippen molar-refractivity contribution in [3.63, 3.8) is 0 Å². The zero-order valence-corrected chi connectivity index (χ0v) is 16.3. The Kier molecular flexibility index (Phi) is 4.74. The number of ether oxygens (including phenoxy) is 1. The van der Waals surface area contributed by atoms with Crippen LogP contribution in [0.25, 0.3) is 5.65 Å². The average Bonchev–Trinajstić information content (AvgIpc) is 3.41. The van der Waals surface area contributed by atoms with Crippen molar-refractivity contribution in [1.82, 2.24) is 19.7 Å². The molecular formula is C21H22FN5O3. The van der Waals surface area contributed by atoms with Crippen LogP contribution in [0, 0.1) is 5.82 Å². The molecule has 1 saturated heterocycles. The second-order valence-electron chi connectivity index (χ2n) is 7.64. The number of aromatic carboxylic acids is 1. The van der Waals surface area contributed by atoms with E-state index in [-0.39, 0.29) is 24.0 Å². The van der Waals surface area contributed by atoms with Crippen LogP contribution in [-0.4, -0.2) is 45.1 Å². The Bertz CT molecular complexity index is 1120. The normalized spacial score (nSPS) is 16.4. The van der Waals surface area contributed by atoms with Crippen LogP contribution in [-0.2, 0) is 13.0 Å². The first-order valence-electron chi connectivity index (χ1n) is 10.1. The zero-order valence-electron chi connectivity index (χ0n) is 16.3. The van der Waals surface area contributed by atoms with Gasteiger partial charge in [-0.15, -0.1) is 0 Å². The van der Waals surface area contributed by atoms with Gasteiger partial charge in [-0.2, -0.15) is 0 Å². The molecule has 0 unspecified atom stereocenters. The van der Waals surface area contributed by atoms with Gasteiger partial charge in [-0.25, -0.2) is 19.2 Å². The number of carboxylic acid groups (broad SMARTS) is 1. The summed E-state index contributed by atoms with van der Waals surface area (Å²) >= 11 is 0. The summed E-state index contributed by atoms with van der Waals surface area (Å²) in [7, 11) is 0. The molecule has 3 N–H and O–H groups in total. The van der Waals surface area contributed by atoms with E-state index in [9.17, 15) is 14.3 Å². The van der Waals surface area contributed by atoms with Crippen molar-refractivity contribution in [2.75, 3.05) is 25.0 Å². The van der Waals surface area contributed by atoms with Crippen molar-refractivity contribution in [1.29, 1.82) is 0 Å².